The van der Waals surface area contributed by atoms with E-state index in [0.717, 1.165) is 76.3 Å². The summed E-state index contributed by atoms with van der Waals surface area (Å²) in [5.74, 6) is 0.940. The van der Waals surface area contributed by atoms with Crippen molar-refractivity contribution in [3.63, 3.8) is 0 Å². The summed E-state index contributed by atoms with van der Waals surface area (Å²) in [5, 5.41) is 22.9. The Labute approximate surface area is 383 Å². The summed E-state index contributed by atoms with van der Waals surface area (Å²) in [7, 11) is 1.64. The van der Waals surface area contributed by atoms with Crippen molar-refractivity contribution in [1.29, 1.82) is 0 Å². The first-order valence-corrected chi connectivity index (χ1v) is 23.1. The van der Waals surface area contributed by atoms with Gasteiger partial charge in [-0.15, -0.1) is 0 Å². The van der Waals surface area contributed by atoms with E-state index in [1.807, 2.05) is 25.3 Å². The highest BCUT2D eigenvalue weighted by atomic mass is 16.6. The molecule has 0 spiro atoms. The van der Waals surface area contributed by atoms with Crippen LogP contribution in [0.1, 0.15) is 86.8 Å². The molecule has 0 atom stereocenters. The lowest BCUT2D eigenvalue weighted by atomic mass is 9.98. The number of methoxy groups -OCH3 is 1. The molecule has 2 aromatic heterocycles. The third-order valence-corrected chi connectivity index (χ3v) is 11.1. The molecule has 4 heterocycles. The molecule has 16 heteroatoms. The van der Waals surface area contributed by atoms with Crippen molar-refractivity contribution in [2.75, 3.05) is 113 Å². The number of H-pyrrole nitrogens is 1. The Morgan fingerprint density at radius 2 is 1.14 bits per heavy atom. The number of fused-ring (bicyclic) bond motifs is 7. The van der Waals surface area contributed by atoms with E-state index in [0.29, 0.717) is 120 Å². The lowest BCUT2D eigenvalue weighted by Gasteiger charge is -2.14. The smallest absolute Gasteiger partial charge is 0.163 e. The molecule has 0 radical (unpaired) electrons. The van der Waals surface area contributed by atoms with E-state index in [4.69, 9.17) is 58.8 Å². The molecule has 0 fully saturated rings. The lowest BCUT2D eigenvalue weighted by molar-refractivity contribution is 0.0175. The number of rotatable bonds is 30. The fourth-order valence-corrected chi connectivity index (χ4v) is 7.64. The van der Waals surface area contributed by atoms with Crippen LogP contribution < -0.4 is 20.5 Å². The predicted molar refractivity (Wildman–Crippen MR) is 255 cm³/mol. The van der Waals surface area contributed by atoms with Crippen molar-refractivity contribution in [3.05, 3.63) is 70.6 Å². The summed E-state index contributed by atoms with van der Waals surface area (Å²) in [4.78, 5) is 24.1. The third kappa shape index (κ3) is 15.2. The molecule has 0 saturated heterocycles. The van der Waals surface area contributed by atoms with Crippen LogP contribution in [0.2, 0.25) is 0 Å². The standard InChI is InChI=1S/C49H71N7O9/c1-6-36-37(7-2)41-29-43-39(11-9-16-58)35(4)47(56-43)33-53-45-31-49(65-27-25-63-23-22-61-19-18-59-5)48(64-26-24-62-21-20-60-17-14-51-13-12-50)30-44(45)52-32-46-34(3)38(10-8-15-57)42(55-46)28-40(36)54-41/h28-33,51,55,57-58H,6-27,50H2,1-5H3. The average Bonchev–Trinajstić information content (AvgIpc) is 3.91. The van der Waals surface area contributed by atoms with E-state index in [-0.39, 0.29) is 26.4 Å². The summed E-state index contributed by atoms with van der Waals surface area (Å²) in [6.07, 6.45) is 7.76. The molecule has 0 unspecified atom stereocenters. The molecule has 1 aromatic carbocycles. The second kappa shape index (κ2) is 28.4. The zero-order valence-electron chi connectivity index (χ0n) is 39.1. The van der Waals surface area contributed by atoms with Crippen LogP contribution in [0, 0.1) is 6.92 Å². The molecule has 6 bridgehead atoms. The van der Waals surface area contributed by atoms with Crippen LogP contribution in [-0.4, -0.2) is 148 Å². The van der Waals surface area contributed by atoms with Gasteiger partial charge in [-0.25, -0.2) is 9.97 Å². The first-order valence-electron chi connectivity index (χ1n) is 23.1. The maximum Gasteiger partial charge on any atom is 0.163 e. The van der Waals surface area contributed by atoms with E-state index in [9.17, 15) is 10.2 Å². The van der Waals surface area contributed by atoms with Gasteiger partial charge < -0.3 is 59.4 Å². The van der Waals surface area contributed by atoms with Crippen molar-refractivity contribution in [3.8, 4) is 11.5 Å². The van der Waals surface area contributed by atoms with Gasteiger partial charge >= 0.3 is 0 Å². The number of ether oxygens (including phenoxy) is 7. The van der Waals surface area contributed by atoms with Crippen LogP contribution in [0.15, 0.2) is 36.7 Å². The van der Waals surface area contributed by atoms with Gasteiger partial charge in [0, 0.05) is 57.6 Å². The molecular formula is C49H71N7O9. The number of aliphatic hydroxyl groups is 2. The van der Waals surface area contributed by atoms with Crippen LogP contribution in [0.3, 0.4) is 0 Å². The molecule has 65 heavy (non-hydrogen) atoms. The molecule has 2 aliphatic heterocycles. The summed E-state index contributed by atoms with van der Waals surface area (Å²) in [6, 6.07) is 7.88. The number of benzene rings is 1. The number of hydrogen-bond donors (Lipinski definition) is 5. The van der Waals surface area contributed by atoms with Crippen molar-refractivity contribution < 1.29 is 43.4 Å². The van der Waals surface area contributed by atoms with E-state index < -0.39 is 0 Å². The Kier molecular flexibility index (Phi) is 22.5. The Bertz CT molecular complexity index is 2230. The van der Waals surface area contributed by atoms with Crippen LogP contribution in [0.25, 0.3) is 44.4 Å². The third-order valence-electron chi connectivity index (χ3n) is 11.1. The molecule has 6 N–H and O–H groups in total. The van der Waals surface area contributed by atoms with Crippen molar-refractivity contribution in [2.45, 2.75) is 66.2 Å². The number of aliphatic hydroxyl groups excluding tert-OH is 2. The Balaban J connectivity index is 1.60. The van der Waals surface area contributed by atoms with Crippen LogP contribution in [0.5, 0.6) is 11.5 Å². The van der Waals surface area contributed by atoms with Crippen molar-refractivity contribution in [2.24, 2.45) is 5.73 Å². The molecule has 3 aromatic rings. The highest BCUT2D eigenvalue weighted by Crippen LogP contribution is 2.38. The largest absolute Gasteiger partial charge is 0.487 e. The summed E-state index contributed by atoms with van der Waals surface area (Å²) in [6.45, 7) is 15.2. The number of nitrogens with two attached hydrogens (primary N) is 1. The van der Waals surface area contributed by atoms with Gasteiger partial charge in [0.2, 0.25) is 0 Å². The molecule has 356 valence electrons. The maximum absolute atomic E-state index is 9.88. The van der Waals surface area contributed by atoms with E-state index in [1.54, 1.807) is 13.3 Å². The maximum atomic E-state index is 9.88. The molecular weight excluding hydrogens is 831 g/mol. The molecule has 0 saturated carbocycles. The van der Waals surface area contributed by atoms with Crippen molar-refractivity contribution >= 4 is 44.4 Å². The number of aromatic amines is 1. The fourth-order valence-electron chi connectivity index (χ4n) is 7.64. The fraction of sp³-hybridized carbons (Fsp3) is 0.551. The minimum Gasteiger partial charge on any atom is -0.487 e. The van der Waals surface area contributed by atoms with Gasteiger partial charge in [0.15, 0.2) is 11.5 Å². The van der Waals surface area contributed by atoms with E-state index in [2.05, 4.69) is 43.2 Å². The van der Waals surface area contributed by atoms with Gasteiger partial charge in [-0.3, -0.25) is 9.97 Å². The topological polar surface area (TPSA) is 210 Å². The Morgan fingerprint density at radius 1 is 0.600 bits per heavy atom. The van der Waals surface area contributed by atoms with Crippen LogP contribution >= 0.6 is 0 Å². The Morgan fingerprint density at radius 3 is 1.74 bits per heavy atom. The zero-order chi connectivity index (χ0) is 46.2. The number of hydrogen-bond acceptors (Lipinski definition) is 15. The second-order valence-corrected chi connectivity index (χ2v) is 15.5. The van der Waals surface area contributed by atoms with E-state index >= 15 is 0 Å². The summed E-state index contributed by atoms with van der Waals surface area (Å²) < 4.78 is 40.5. The molecule has 0 amide bonds. The molecule has 2 aliphatic rings. The van der Waals surface area contributed by atoms with Gasteiger partial charge in [0.05, 0.1) is 111 Å². The minimum absolute atomic E-state index is 0.0672. The molecule has 0 aliphatic carbocycles. The van der Waals surface area contributed by atoms with Crippen molar-refractivity contribution in [1.82, 2.24) is 30.2 Å². The first kappa shape index (κ1) is 51.4. The van der Waals surface area contributed by atoms with Gasteiger partial charge in [0.1, 0.15) is 13.2 Å². The first-order chi connectivity index (χ1) is 31.9. The number of nitrogens with zero attached hydrogens (tertiary/aromatic N) is 4. The zero-order valence-corrected chi connectivity index (χ0v) is 39.1. The summed E-state index contributed by atoms with van der Waals surface area (Å²) in [5.41, 5.74) is 18.3. The monoisotopic (exact) mass is 902 g/mol. The summed E-state index contributed by atoms with van der Waals surface area (Å²) >= 11 is 0. The molecule has 16 nitrogen and oxygen atoms in total. The minimum atomic E-state index is 0.0672. The second-order valence-electron chi connectivity index (χ2n) is 15.5. The van der Waals surface area contributed by atoms with Gasteiger partial charge in [0.25, 0.3) is 0 Å². The number of nitrogens with one attached hydrogen (secondary N) is 2. The quantitative estimate of drug-likeness (QED) is 0.0484. The number of aromatic nitrogens is 5. The van der Waals surface area contributed by atoms with E-state index in [1.165, 1.54) is 11.1 Å². The number of allylic oxidation sites excluding steroid dienone is 4. The predicted octanol–water partition coefficient (Wildman–Crippen LogP) is 6.02. The highest BCUT2D eigenvalue weighted by Gasteiger charge is 2.22. The van der Waals surface area contributed by atoms with Crippen LogP contribution in [-0.2, 0) is 30.1 Å². The lowest BCUT2D eigenvalue weighted by Crippen LogP contribution is -2.26. The Hall–Kier alpha value is -4.62. The van der Waals surface area contributed by atoms with Gasteiger partial charge in [-0.1, -0.05) is 13.8 Å². The average molecular weight is 902 g/mol. The highest BCUT2D eigenvalue weighted by molar-refractivity contribution is 5.95. The SMILES string of the molecule is CCC1=C(CC)c2cc3[nH]c(cnc4cc(OCCOCCOCCNCCN)c(OCCOCCOCCOC)cc4ncc4nc(cc1n2)C(CCCO)=C4C)c(C)c3CCCO. The van der Waals surface area contributed by atoms with Gasteiger partial charge in [-0.05, 0) is 97.9 Å². The van der Waals surface area contributed by atoms with Crippen LogP contribution in [0.4, 0.5) is 0 Å². The van der Waals surface area contributed by atoms with Gasteiger partial charge in [-0.2, -0.15) is 0 Å². The molecule has 5 rings (SSSR count). The normalized spacial score (nSPS) is 12.7. The number of aryl methyl sites for hydroxylation is 2.